The van der Waals surface area contributed by atoms with E-state index in [1.54, 1.807) is 18.2 Å². The fourth-order valence-electron chi connectivity index (χ4n) is 2.76. The number of anilines is 1. The van der Waals surface area contributed by atoms with Crippen LogP contribution in [0, 0.1) is 0 Å². The Hall–Kier alpha value is -2.66. The Morgan fingerprint density at radius 2 is 1.97 bits per heavy atom. The second-order valence-electron chi connectivity index (χ2n) is 6.30. The van der Waals surface area contributed by atoms with Crippen LogP contribution in [0.5, 0.6) is 11.5 Å². The molecule has 1 amide bonds. The monoisotopic (exact) mass is 458 g/mol. The summed E-state index contributed by atoms with van der Waals surface area (Å²) in [5.41, 5.74) is -0.341. The molecule has 0 saturated carbocycles. The first kappa shape index (κ1) is 20.6. The Kier molecular flexibility index (Phi) is 5.65. The van der Waals surface area contributed by atoms with Gasteiger partial charge in [0, 0.05) is 24.4 Å². The number of pyridine rings is 1. The van der Waals surface area contributed by atoms with E-state index in [4.69, 9.17) is 21.1 Å². The molecule has 3 heterocycles. The van der Waals surface area contributed by atoms with Crippen molar-refractivity contribution in [3.05, 3.63) is 41.0 Å². The largest absolute Gasteiger partial charge is 0.490 e. The molecule has 7 nitrogen and oxygen atoms in total. The van der Waals surface area contributed by atoms with Gasteiger partial charge >= 0.3 is 6.18 Å². The Labute approximate surface area is 177 Å². The summed E-state index contributed by atoms with van der Waals surface area (Å²) in [4.78, 5) is 12.3. The van der Waals surface area contributed by atoms with Crippen LogP contribution in [-0.4, -0.2) is 39.5 Å². The fraction of sp³-hybridized carbons (Fsp3) is 0.278. The minimum absolute atomic E-state index is 0.0791. The SMILES string of the molecule is O=C(CSc1nnc2c(Cl)cc(C(F)(F)F)cn12)Nc1ccc2c(c1)OCCCO2. The smallest absolute Gasteiger partial charge is 0.417 e. The zero-order valence-electron chi connectivity index (χ0n) is 15.2. The van der Waals surface area contributed by atoms with Crippen molar-refractivity contribution >= 4 is 40.6 Å². The number of nitrogens with one attached hydrogen (secondary N) is 1. The van der Waals surface area contributed by atoms with E-state index in [1.807, 2.05) is 0 Å². The van der Waals surface area contributed by atoms with Gasteiger partial charge in [-0.05, 0) is 18.2 Å². The number of carbonyl (C=O) groups excluding carboxylic acids is 1. The van der Waals surface area contributed by atoms with Crippen LogP contribution in [0.3, 0.4) is 0 Å². The predicted molar refractivity (Wildman–Crippen MR) is 104 cm³/mol. The number of hydrogen-bond donors (Lipinski definition) is 1. The number of amides is 1. The van der Waals surface area contributed by atoms with Crippen LogP contribution in [0.1, 0.15) is 12.0 Å². The maximum Gasteiger partial charge on any atom is 0.417 e. The van der Waals surface area contributed by atoms with Crippen LogP contribution >= 0.6 is 23.4 Å². The normalized spacial score (nSPS) is 13.9. The highest BCUT2D eigenvalue weighted by atomic mass is 35.5. The van der Waals surface area contributed by atoms with Crippen LogP contribution in [0.15, 0.2) is 35.6 Å². The lowest BCUT2D eigenvalue weighted by Crippen LogP contribution is -2.14. The minimum Gasteiger partial charge on any atom is -0.490 e. The van der Waals surface area contributed by atoms with Crippen LogP contribution in [0.2, 0.25) is 5.02 Å². The summed E-state index contributed by atoms with van der Waals surface area (Å²) in [6.07, 6.45) is -2.96. The molecule has 0 fully saturated rings. The lowest BCUT2D eigenvalue weighted by Gasteiger charge is -2.10. The fourth-order valence-corrected chi connectivity index (χ4v) is 3.71. The molecule has 0 aliphatic carbocycles. The van der Waals surface area contributed by atoms with Gasteiger partial charge in [0.1, 0.15) is 0 Å². The van der Waals surface area contributed by atoms with Crippen LogP contribution in [0.4, 0.5) is 18.9 Å². The van der Waals surface area contributed by atoms with E-state index in [9.17, 15) is 18.0 Å². The summed E-state index contributed by atoms with van der Waals surface area (Å²) < 4.78 is 51.3. The number of fused-ring (bicyclic) bond motifs is 2. The summed E-state index contributed by atoms with van der Waals surface area (Å²) in [5, 5.41) is 10.3. The number of thioether (sulfide) groups is 1. The third-order valence-corrected chi connectivity index (χ3v) is 5.34. The highest BCUT2D eigenvalue weighted by Gasteiger charge is 2.32. The van der Waals surface area contributed by atoms with E-state index < -0.39 is 11.7 Å². The van der Waals surface area contributed by atoms with Crippen LogP contribution < -0.4 is 14.8 Å². The summed E-state index contributed by atoms with van der Waals surface area (Å²) >= 11 is 6.83. The van der Waals surface area contributed by atoms with Gasteiger partial charge < -0.3 is 14.8 Å². The van der Waals surface area contributed by atoms with Gasteiger partial charge in [-0.3, -0.25) is 9.20 Å². The zero-order chi connectivity index (χ0) is 21.3. The number of ether oxygens (including phenoxy) is 2. The lowest BCUT2D eigenvalue weighted by molar-refractivity contribution is -0.137. The first-order valence-corrected chi connectivity index (χ1v) is 10.1. The van der Waals surface area contributed by atoms with E-state index in [-0.39, 0.29) is 27.5 Å². The average molecular weight is 459 g/mol. The molecule has 1 N–H and O–H groups in total. The van der Waals surface area contributed by atoms with Gasteiger partial charge in [-0.2, -0.15) is 13.2 Å². The first-order chi connectivity index (χ1) is 14.3. The van der Waals surface area contributed by atoms with Crippen molar-refractivity contribution in [1.82, 2.24) is 14.6 Å². The van der Waals surface area contributed by atoms with Crippen LogP contribution in [-0.2, 0) is 11.0 Å². The number of carbonyl (C=O) groups is 1. The molecule has 1 aliphatic rings. The zero-order valence-corrected chi connectivity index (χ0v) is 16.8. The van der Waals surface area contributed by atoms with Gasteiger partial charge in [-0.15, -0.1) is 10.2 Å². The molecule has 12 heteroatoms. The van der Waals surface area contributed by atoms with Crippen molar-refractivity contribution in [3.63, 3.8) is 0 Å². The van der Waals surface area contributed by atoms with E-state index in [1.165, 1.54) is 0 Å². The molecule has 0 atom stereocenters. The van der Waals surface area contributed by atoms with E-state index in [0.29, 0.717) is 30.4 Å². The van der Waals surface area contributed by atoms with Gasteiger partial charge in [0.15, 0.2) is 22.3 Å². The standard InChI is InChI=1S/C18H14ClF3N4O3S/c19-12-6-10(18(20,21)22)8-26-16(12)24-25-17(26)30-9-15(27)23-11-2-3-13-14(7-11)29-5-1-4-28-13/h2-3,6-8H,1,4-5,9H2,(H,23,27). The molecule has 4 rings (SSSR count). The van der Waals surface area contributed by atoms with Gasteiger partial charge in [-0.1, -0.05) is 23.4 Å². The quantitative estimate of drug-likeness (QED) is 0.587. The Morgan fingerprint density at radius 1 is 1.20 bits per heavy atom. The van der Waals surface area contributed by atoms with Gasteiger partial charge in [-0.25, -0.2) is 0 Å². The van der Waals surface area contributed by atoms with Crippen molar-refractivity contribution < 1.29 is 27.4 Å². The highest BCUT2D eigenvalue weighted by molar-refractivity contribution is 7.99. The van der Waals surface area contributed by atoms with Crippen molar-refractivity contribution in [2.75, 3.05) is 24.3 Å². The number of benzene rings is 1. The summed E-state index contributed by atoms with van der Waals surface area (Å²) in [6, 6.07) is 5.83. The van der Waals surface area contributed by atoms with Gasteiger partial charge in [0.05, 0.1) is 29.6 Å². The number of hydrogen-bond acceptors (Lipinski definition) is 6. The first-order valence-electron chi connectivity index (χ1n) is 8.75. The maximum absolute atomic E-state index is 13.0. The summed E-state index contributed by atoms with van der Waals surface area (Å²) in [5.74, 6) is 0.676. The van der Waals surface area contributed by atoms with E-state index >= 15 is 0 Å². The van der Waals surface area contributed by atoms with Crippen molar-refractivity contribution in [3.8, 4) is 11.5 Å². The molecular weight excluding hydrogens is 445 g/mol. The van der Waals surface area contributed by atoms with E-state index in [2.05, 4.69) is 15.5 Å². The topological polar surface area (TPSA) is 77.8 Å². The number of nitrogens with zero attached hydrogens (tertiary/aromatic N) is 3. The van der Waals surface area contributed by atoms with Crippen LogP contribution in [0.25, 0.3) is 5.65 Å². The molecule has 30 heavy (non-hydrogen) atoms. The highest BCUT2D eigenvalue weighted by Crippen LogP contribution is 2.34. The lowest BCUT2D eigenvalue weighted by atomic mass is 10.2. The molecule has 2 aromatic heterocycles. The van der Waals surface area contributed by atoms with Crippen molar-refractivity contribution in [2.45, 2.75) is 17.8 Å². The summed E-state index contributed by atoms with van der Waals surface area (Å²) in [7, 11) is 0. The molecule has 1 aromatic carbocycles. The minimum atomic E-state index is -4.57. The Morgan fingerprint density at radius 3 is 2.73 bits per heavy atom. The second-order valence-corrected chi connectivity index (χ2v) is 7.65. The summed E-state index contributed by atoms with van der Waals surface area (Å²) in [6.45, 7) is 1.07. The molecular formula is C18H14ClF3N4O3S. The average Bonchev–Trinajstić information content (AvgIpc) is 2.96. The number of rotatable bonds is 4. The molecule has 158 valence electrons. The number of alkyl halides is 3. The second kappa shape index (κ2) is 8.23. The molecule has 0 bridgehead atoms. The molecule has 0 spiro atoms. The Balaban J connectivity index is 1.46. The van der Waals surface area contributed by atoms with E-state index in [0.717, 1.165) is 34.8 Å². The predicted octanol–water partition coefficient (Wildman–Crippen LogP) is 4.29. The third-order valence-electron chi connectivity index (χ3n) is 4.12. The maximum atomic E-state index is 13.0. The van der Waals surface area contributed by atoms with Gasteiger partial charge in [0.25, 0.3) is 0 Å². The molecule has 0 saturated heterocycles. The molecule has 3 aromatic rings. The molecule has 1 aliphatic heterocycles. The Bertz CT molecular complexity index is 1110. The molecule has 0 radical (unpaired) electrons. The number of halogens is 4. The van der Waals surface area contributed by atoms with Gasteiger partial charge in [0.2, 0.25) is 5.91 Å². The van der Waals surface area contributed by atoms with Crippen molar-refractivity contribution in [2.24, 2.45) is 0 Å². The third kappa shape index (κ3) is 4.41. The number of aromatic nitrogens is 3. The van der Waals surface area contributed by atoms with Crippen molar-refractivity contribution in [1.29, 1.82) is 0 Å². The molecule has 0 unspecified atom stereocenters.